The first kappa shape index (κ1) is 19.6. The van der Waals surface area contributed by atoms with E-state index in [2.05, 4.69) is 65.0 Å². The van der Waals surface area contributed by atoms with Gasteiger partial charge in [0.05, 0.1) is 11.2 Å². The van der Waals surface area contributed by atoms with E-state index < -0.39 is 0 Å². The van der Waals surface area contributed by atoms with E-state index in [0.29, 0.717) is 12.2 Å². The summed E-state index contributed by atoms with van der Waals surface area (Å²) in [4.78, 5) is 19.6. The van der Waals surface area contributed by atoms with Crippen LogP contribution in [0.2, 0.25) is 0 Å². The quantitative estimate of drug-likeness (QED) is 0.394. The SMILES string of the molecule is CN1CCN(Cc2ccc3[nH]c(-c4n[nH]c5cc(-c6nn[nH]n6)ccc45)cc3c2)CCC1=O. The maximum atomic E-state index is 11.9. The zero-order valence-corrected chi connectivity index (χ0v) is 18.2. The monoisotopic (exact) mass is 441 g/mol. The molecule has 1 saturated heterocycles. The van der Waals surface area contributed by atoms with E-state index in [4.69, 9.17) is 0 Å². The van der Waals surface area contributed by atoms with Crippen LogP contribution in [0.25, 0.3) is 44.6 Å². The van der Waals surface area contributed by atoms with Gasteiger partial charge in [0.2, 0.25) is 11.7 Å². The van der Waals surface area contributed by atoms with Gasteiger partial charge >= 0.3 is 0 Å². The molecule has 3 N–H and O–H groups in total. The number of amides is 1. The highest BCUT2D eigenvalue weighted by Crippen LogP contribution is 2.31. The lowest BCUT2D eigenvalue weighted by Gasteiger charge is -2.19. The minimum atomic E-state index is 0.221. The summed E-state index contributed by atoms with van der Waals surface area (Å²) in [6.45, 7) is 3.30. The molecule has 6 rings (SSSR count). The molecule has 0 bridgehead atoms. The number of fused-ring (bicyclic) bond motifs is 2. The van der Waals surface area contributed by atoms with Crippen molar-refractivity contribution in [2.24, 2.45) is 0 Å². The van der Waals surface area contributed by atoms with Gasteiger partial charge in [0.15, 0.2) is 0 Å². The van der Waals surface area contributed by atoms with E-state index in [-0.39, 0.29) is 5.91 Å². The molecule has 4 heterocycles. The molecule has 0 radical (unpaired) electrons. The Morgan fingerprint density at radius 1 is 1.00 bits per heavy atom. The minimum absolute atomic E-state index is 0.221. The number of benzene rings is 2. The van der Waals surface area contributed by atoms with Crippen molar-refractivity contribution in [3.8, 4) is 22.8 Å². The van der Waals surface area contributed by atoms with Gasteiger partial charge in [-0.3, -0.25) is 14.8 Å². The first-order valence-corrected chi connectivity index (χ1v) is 10.9. The molecule has 10 nitrogen and oxygen atoms in total. The lowest BCUT2D eigenvalue weighted by molar-refractivity contribution is -0.129. The summed E-state index contributed by atoms with van der Waals surface area (Å²) < 4.78 is 0. The molecular weight excluding hydrogens is 418 g/mol. The number of aromatic amines is 3. The number of rotatable bonds is 4. The lowest BCUT2D eigenvalue weighted by atomic mass is 10.1. The molecule has 2 aromatic carbocycles. The fourth-order valence-electron chi connectivity index (χ4n) is 4.44. The number of nitrogens with one attached hydrogen (secondary N) is 3. The van der Waals surface area contributed by atoms with Crippen LogP contribution in [-0.4, -0.2) is 78.2 Å². The van der Waals surface area contributed by atoms with Crippen LogP contribution in [0.5, 0.6) is 0 Å². The summed E-state index contributed by atoms with van der Waals surface area (Å²) in [6.07, 6.45) is 0.577. The van der Waals surface area contributed by atoms with Crippen LogP contribution < -0.4 is 0 Å². The third-order valence-electron chi connectivity index (χ3n) is 6.33. The smallest absolute Gasteiger partial charge is 0.223 e. The fraction of sp³-hybridized carbons (Fsp3) is 0.261. The number of hydrogen-bond donors (Lipinski definition) is 3. The number of nitrogens with zero attached hydrogens (tertiary/aromatic N) is 6. The number of hydrogen-bond acceptors (Lipinski definition) is 6. The van der Waals surface area contributed by atoms with Gasteiger partial charge in [0, 0.05) is 61.5 Å². The average Bonchev–Trinajstić information content (AvgIpc) is 3.56. The van der Waals surface area contributed by atoms with Gasteiger partial charge in [-0.1, -0.05) is 12.1 Å². The number of carbonyl (C=O) groups is 1. The molecule has 0 atom stereocenters. The summed E-state index contributed by atoms with van der Waals surface area (Å²) in [7, 11) is 1.88. The number of aromatic nitrogens is 7. The van der Waals surface area contributed by atoms with Crippen molar-refractivity contribution < 1.29 is 4.79 Å². The third-order valence-corrected chi connectivity index (χ3v) is 6.33. The number of H-pyrrole nitrogens is 3. The summed E-state index contributed by atoms with van der Waals surface area (Å²) in [5, 5.41) is 24.0. The van der Waals surface area contributed by atoms with E-state index in [9.17, 15) is 4.79 Å². The average molecular weight is 441 g/mol. The second kappa shape index (κ2) is 7.82. The Labute approximate surface area is 189 Å². The van der Waals surface area contributed by atoms with Crippen molar-refractivity contribution >= 4 is 27.7 Å². The maximum Gasteiger partial charge on any atom is 0.223 e. The highest BCUT2D eigenvalue weighted by Gasteiger charge is 2.18. The van der Waals surface area contributed by atoms with Gasteiger partial charge in [-0.25, -0.2) is 0 Å². The summed E-state index contributed by atoms with van der Waals surface area (Å²) in [5.41, 5.74) is 5.92. The molecular formula is C23H23N9O. The molecule has 10 heteroatoms. The highest BCUT2D eigenvalue weighted by molar-refractivity contribution is 5.97. The summed E-state index contributed by atoms with van der Waals surface area (Å²) in [5.74, 6) is 0.769. The third kappa shape index (κ3) is 3.64. The normalized spacial score (nSPS) is 15.5. The molecule has 5 aromatic rings. The Morgan fingerprint density at radius 3 is 2.82 bits per heavy atom. The van der Waals surface area contributed by atoms with Crippen LogP contribution in [0.3, 0.4) is 0 Å². The van der Waals surface area contributed by atoms with Crippen molar-refractivity contribution in [2.75, 3.05) is 26.7 Å². The van der Waals surface area contributed by atoms with Crippen LogP contribution in [0.4, 0.5) is 0 Å². The van der Waals surface area contributed by atoms with Crippen LogP contribution in [0, 0.1) is 0 Å². The predicted molar refractivity (Wildman–Crippen MR) is 124 cm³/mol. The molecule has 0 unspecified atom stereocenters. The number of carbonyl (C=O) groups excluding carboxylic acids is 1. The Bertz CT molecular complexity index is 1450. The van der Waals surface area contributed by atoms with Gasteiger partial charge < -0.3 is 9.88 Å². The van der Waals surface area contributed by atoms with E-state index >= 15 is 0 Å². The van der Waals surface area contributed by atoms with E-state index in [1.165, 1.54) is 5.56 Å². The summed E-state index contributed by atoms with van der Waals surface area (Å²) >= 11 is 0. The van der Waals surface area contributed by atoms with E-state index in [1.807, 2.05) is 30.1 Å². The van der Waals surface area contributed by atoms with Crippen molar-refractivity contribution in [2.45, 2.75) is 13.0 Å². The molecule has 1 aliphatic heterocycles. The lowest BCUT2D eigenvalue weighted by Crippen LogP contribution is -2.29. The number of tetrazole rings is 1. The Kier molecular flexibility index (Phi) is 4.65. The second-order valence-electron chi connectivity index (χ2n) is 8.51. The van der Waals surface area contributed by atoms with Crippen molar-refractivity contribution in [3.05, 3.63) is 48.0 Å². The van der Waals surface area contributed by atoms with Crippen molar-refractivity contribution in [1.29, 1.82) is 0 Å². The Hall–Kier alpha value is -4.05. The van der Waals surface area contributed by atoms with Gasteiger partial charge in [0.1, 0.15) is 5.69 Å². The molecule has 1 amide bonds. The van der Waals surface area contributed by atoms with Gasteiger partial charge in [-0.2, -0.15) is 10.3 Å². The zero-order valence-electron chi connectivity index (χ0n) is 18.2. The Morgan fingerprint density at radius 2 is 1.94 bits per heavy atom. The van der Waals surface area contributed by atoms with E-state index in [0.717, 1.165) is 64.9 Å². The predicted octanol–water partition coefficient (Wildman–Crippen LogP) is 2.56. The van der Waals surface area contributed by atoms with Crippen LogP contribution >= 0.6 is 0 Å². The standard InChI is InChI=1S/C23H23N9O/c1-31-8-9-32(7-6-21(31)33)13-14-2-5-18-16(10-14)12-20(24-18)22-17-4-3-15(11-19(17)25-26-22)23-27-29-30-28-23/h2-5,10-12,24H,6-9,13H2,1H3,(H,25,26)(H,27,28,29,30). The molecule has 33 heavy (non-hydrogen) atoms. The number of likely N-dealkylation sites (N-methyl/N-ethyl adjacent to an activating group) is 1. The second-order valence-corrected chi connectivity index (χ2v) is 8.51. The van der Waals surface area contributed by atoms with Crippen LogP contribution in [0.1, 0.15) is 12.0 Å². The minimum Gasteiger partial charge on any atom is -0.353 e. The topological polar surface area (TPSA) is 122 Å². The molecule has 166 valence electrons. The van der Waals surface area contributed by atoms with Gasteiger partial charge in [0.25, 0.3) is 0 Å². The van der Waals surface area contributed by atoms with Gasteiger partial charge in [-0.05, 0) is 41.1 Å². The van der Waals surface area contributed by atoms with Crippen LogP contribution in [-0.2, 0) is 11.3 Å². The molecule has 1 fully saturated rings. The zero-order chi connectivity index (χ0) is 22.4. The maximum absolute atomic E-state index is 11.9. The first-order valence-electron chi connectivity index (χ1n) is 10.9. The van der Waals surface area contributed by atoms with Crippen molar-refractivity contribution in [3.63, 3.8) is 0 Å². The van der Waals surface area contributed by atoms with Crippen LogP contribution in [0.15, 0.2) is 42.5 Å². The first-order chi connectivity index (χ1) is 16.1. The van der Waals surface area contributed by atoms with E-state index in [1.54, 1.807) is 0 Å². The molecule has 0 aliphatic carbocycles. The molecule has 3 aromatic heterocycles. The molecule has 1 aliphatic rings. The fourth-order valence-corrected chi connectivity index (χ4v) is 4.44. The largest absolute Gasteiger partial charge is 0.353 e. The molecule has 0 spiro atoms. The Balaban J connectivity index is 1.27. The summed E-state index contributed by atoms with van der Waals surface area (Å²) in [6, 6.07) is 14.6. The van der Waals surface area contributed by atoms with Crippen molar-refractivity contribution in [1.82, 2.24) is 45.6 Å². The highest BCUT2D eigenvalue weighted by atomic mass is 16.2. The van der Waals surface area contributed by atoms with Gasteiger partial charge in [-0.15, -0.1) is 10.2 Å². The molecule has 0 saturated carbocycles.